The van der Waals surface area contributed by atoms with E-state index < -0.39 is 11.7 Å². The van der Waals surface area contributed by atoms with Crippen LogP contribution in [0.3, 0.4) is 0 Å². The highest BCUT2D eigenvalue weighted by molar-refractivity contribution is 5.96. The highest BCUT2D eigenvalue weighted by Crippen LogP contribution is 2.32. The van der Waals surface area contributed by atoms with Crippen molar-refractivity contribution in [2.24, 2.45) is 0 Å². The molecule has 0 unspecified atom stereocenters. The van der Waals surface area contributed by atoms with E-state index in [4.69, 9.17) is 4.42 Å². The van der Waals surface area contributed by atoms with Crippen LogP contribution in [0.1, 0.15) is 39.4 Å². The first kappa shape index (κ1) is 19.9. The van der Waals surface area contributed by atoms with Crippen molar-refractivity contribution < 1.29 is 22.4 Å². The van der Waals surface area contributed by atoms with Crippen LogP contribution in [0.2, 0.25) is 0 Å². The predicted molar refractivity (Wildman–Crippen MR) is 104 cm³/mol. The van der Waals surface area contributed by atoms with Gasteiger partial charge in [0.05, 0.1) is 5.56 Å². The van der Waals surface area contributed by atoms with E-state index in [1.165, 1.54) is 12.1 Å². The average Bonchev–Trinajstić information content (AvgIpc) is 3.27. The molecule has 2 aromatic heterocycles. The number of alkyl halides is 3. The molecule has 8 heteroatoms. The van der Waals surface area contributed by atoms with Crippen LogP contribution in [0, 0.1) is 13.8 Å². The summed E-state index contributed by atoms with van der Waals surface area (Å²) in [5.41, 5.74) is 1.83. The van der Waals surface area contributed by atoms with Crippen LogP contribution >= 0.6 is 0 Å². The van der Waals surface area contributed by atoms with Gasteiger partial charge in [0.1, 0.15) is 11.5 Å². The Morgan fingerprint density at radius 2 is 1.77 bits per heavy atom. The second kappa shape index (κ2) is 7.44. The van der Waals surface area contributed by atoms with Crippen molar-refractivity contribution in [2.75, 3.05) is 0 Å². The minimum absolute atomic E-state index is 0.0145. The van der Waals surface area contributed by atoms with E-state index in [1.807, 2.05) is 13.8 Å². The standard InChI is InChI=1S/C22H18F3N3O2/c1-13-21-28(14(2)26-13)27-20(30-21)17-9-7-16(8-10-17)19(29)12-11-15-5-3-4-6-18(15)22(23,24)25/h3-10H,11-12H2,1-2H3. The van der Waals surface area contributed by atoms with Gasteiger partial charge < -0.3 is 4.42 Å². The molecule has 0 aliphatic carbocycles. The maximum Gasteiger partial charge on any atom is 0.416 e. The Balaban J connectivity index is 1.49. The van der Waals surface area contributed by atoms with E-state index in [2.05, 4.69) is 10.1 Å². The number of imidazole rings is 1. The lowest BCUT2D eigenvalue weighted by molar-refractivity contribution is -0.138. The van der Waals surface area contributed by atoms with Gasteiger partial charge in [-0.15, -0.1) is 5.10 Å². The molecule has 0 aliphatic heterocycles. The third-order valence-electron chi connectivity index (χ3n) is 4.92. The minimum atomic E-state index is -4.44. The van der Waals surface area contributed by atoms with Crippen molar-refractivity contribution in [3.8, 4) is 11.5 Å². The van der Waals surface area contributed by atoms with Crippen molar-refractivity contribution in [3.63, 3.8) is 0 Å². The number of nitrogens with zero attached hydrogens (tertiary/aromatic N) is 3. The topological polar surface area (TPSA) is 60.4 Å². The smallest absolute Gasteiger partial charge is 0.416 e. The number of hydrogen-bond acceptors (Lipinski definition) is 4. The summed E-state index contributed by atoms with van der Waals surface area (Å²) in [5, 5.41) is 4.38. The van der Waals surface area contributed by atoms with Crippen LogP contribution in [-0.2, 0) is 12.6 Å². The molecule has 0 saturated heterocycles. The van der Waals surface area contributed by atoms with Gasteiger partial charge in [0, 0.05) is 17.5 Å². The fourth-order valence-corrected chi connectivity index (χ4v) is 3.40. The first-order chi connectivity index (χ1) is 14.2. The second-order valence-corrected chi connectivity index (χ2v) is 7.02. The van der Waals surface area contributed by atoms with Gasteiger partial charge in [-0.05, 0) is 44.0 Å². The van der Waals surface area contributed by atoms with E-state index in [-0.39, 0.29) is 24.2 Å². The molecule has 0 spiro atoms. The van der Waals surface area contributed by atoms with E-state index in [9.17, 15) is 18.0 Å². The number of halogens is 3. The fourth-order valence-electron chi connectivity index (χ4n) is 3.40. The number of Topliss-reactive ketones (excluding diaryl/α,β-unsaturated/α-hetero) is 1. The fraction of sp³-hybridized carbons (Fsp3) is 0.227. The Hall–Kier alpha value is -3.42. The Labute approximate surface area is 170 Å². The van der Waals surface area contributed by atoms with E-state index in [1.54, 1.807) is 34.8 Å². The maximum atomic E-state index is 13.1. The van der Waals surface area contributed by atoms with Gasteiger partial charge in [0.15, 0.2) is 5.78 Å². The van der Waals surface area contributed by atoms with Crippen molar-refractivity contribution in [1.82, 2.24) is 14.6 Å². The molecule has 0 bridgehead atoms. The monoisotopic (exact) mass is 413 g/mol. The zero-order valence-corrected chi connectivity index (χ0v) is 16.3. The highest BCUT2D eigenvalue weighted by Gasteiger charge is 2.32. The Bertz CT molecular complexity index is 1190. The average molecular weight is 413 g/mol. The summed E-state index contributed by atoms with van der Waals surface area (Å²) >= 11 is 0. The normalized spacial score (nSPS) is 11.9. The third-order valence-corrected chi connectivity index (χ3v) is 4.92. The quantitative estimate of drug-likeness (QED) is 0.409. The van der Waals surface area contributed by atoms with E-state index in [0.29, 0.717) is 28.6 Å². The molecular weight excluding hydrogens is 395 g/mol. The molecule has 5 nitrogen and oxygen atoms in total. The zero-order valence-electron chi connectivity index (χ0n) is 16.3. The summed E-state index contributed by atoms with van der Waals surface area (Å²) in [5.74, 6) is 0.884. The van der Waals surface area contributed by atoms with Crippen LogP contribution in [0.15, 0.2) is 52.9 Å². The lowest BCUT2D eigenvalue weighted by Gasteiger charge is -2.12. The van der Waals surface area contributed by atoms with Crippen LogP contribution in [0.5, 0.6) is 0 Å². The van der Waals surface area contributed by atoms with Gasteiger partial charge in [-0.1, -0.05) is 30.3 Å². The van der Waals surface area contributed by atoms with E-state index >= 15 is 0 Å². The van der Waals surface area contributed by atoms with Gasteiger partial charge in [0.25, 0.3) is 0 Å². The molecule has 4 rings (SSSR count). The van der Waals surface area contributed by atoms with Gasteiger partial charge in [-0.2, -0.15) is 17.7 Å². The van der Waals surface area contributed by atoms with Gasteiger partial charge >= 0.3 is 6.18 Å². The molecule has 30 heavy (non-hydrogen) atoms. The zero-order chi connectivity index (χ0) is 21.5. The van der Waals surface area contributed by atoms with Crippen molar-refractivity contribution in [3.05, 3.63) is 76.7 Å². The molecule has 0 amide bonds. The predicted octanol–water partition coefficient (Wildman–Crippen LogP) is 5.44. The largest absolute Gasteiger partial charge is 0.416 e. The molecule has 154 valence electrons. The Kier molecular flexibility index (Phi) is 4.93. The van der Waals surface area contributed by atoms with E-state index in [0.717, 1.165) is 11.8 Å². The van der Waals surface area contributed by atoms with Crippen LogP contribution in [0.4, 0.5) is 13.2 Å². The number of rotatable bonds is 5. The molecule has 0 fully saturated rings. The Morgan fingerprint density at radius 1 is 1.07 bits per heavy atom. The molecule has 2 aromatic carbocycles. The number of aryl methyl sites for hydroxylation is 3. The first-order valence-corrected chi connectivity index (χ1v) is 9.35. The lowest BCUT2D eigenvalue weighted by atomic mass is 9.98. The first-order valence-electron chi connectivity index (χ1n) is 9.35. The van der Waals surface area contributed by atoms with Gasteiger partial charge in [-0.25, -0.2) is 4.98 Å². The molecule has 2 heterocycles. The number of hydrogen-bond donors (Lipinski definition) is 0. The van der Waals surface area contributed by atoms with Crippen LogP contribution in [0.25, 0.3) is 17.2 Å². The molecule has 0 radical (unpaired) electrons. The number of ketones is 1. The van der Waals surface area contributed by atoms with Crippen LogP contribution in [-0.4, -0.2) is 20.4 Å². The molecule has 4 aromatic rings. The maximum absolute atomic E-state index is 13.1. The van der Waals surface area contributed by atoms with Gasteiger partial charge in [-0.3, -0.25) is 4.79 Å². The summed E-state index contributed by atoms with van der Waals surface area (Å²) in [7, 11) is 0. The van der Waals surface area contributed by atoms with Gasteiger partial charge in [0.2, 0.25) is 11.6 Å². The summed E-state index contributed by atoms with van der Waals surface area (Å²) in [6.45, 7) is 3.65. The summed E-state index contributed by atoms with van der Waals surface area (Å²) < 4.78 is 46.7. The molecule has 0 atom stereocenters. The van der Waals surface area contributed by atoms with Crippen LogP contribution < -0.4 is 0 Å². The van der Waals surface area contributed by atoms with Crippen molar-refractivity contribution >= 4 is 11.5 Å². The number of fused-ring (bicyclic) bond motifs is 1. The lowest BCUT2D eigenvalue weighted by Crippen LogP contribution is -2.10. The Morgan fingerprint density at radius 3 is 2.43 bits per heavy atom. The van der Waals surface area contributed by atoms with Crippen molar-refractivity contribution in [1.29, 1.82) is 0 Å². The number of aromatic nitrogens is 3. The second-order valence-electron chi connectivity index (χ2n) is 7.02. The molecule has 0 N–H and O–H groups in total. The number of benzene rings is 2. The SMILES string of the molecule is Cc1nc(C)n2nc(-c3ccc(C(=O)CCc4ccccc4C(F)(F)F)cc3)oc12. The molecule has 0 aliphatic rings. The summed E-state index contributed by atoms with van der Waals surface area (Å²) in [6.07, 6.45) is -4.43. The molecular formula is C22H18F3N3O2. The summed E-state index contributed by atoms with van der Waals surface area (Å²) in [4.78, 5) is 16.8. The number of carbonyl (C=O) groups is 1. The van der Waals surface area contributed by atoms with Crippen molar-refractivity contribution in [2.45, 2.75) is 32.9 Å². The minimum Gasteiger partial charge on any atom is -0.416 e. The highest BCUT2D eigenvalue weighted by atomic mass is 19.4. The summed E-state index contributed by atoms with van der Waals surface area (Å²) in [6, 6.07) is 12.0. The number of carbonyl (C=O) groups excluding carboxylic acids is 1. The molecule has 0 saturated carbocycles. The third kappa shape index (κ3) is 3.72.